The van der Waals surface area contributed by atoms with Crippen molar-refractivity contribution < 1.29 is 17.9 Å². The highest BCUT2D eigenvalue weighted by Gasteiger charge is 2.42. The van der Waals surface area contributed by atoms with Crippen LogP contribution in [-0.2, 0) is 19.6 Å². The normalized spacial score (nSPS) is 22.8. The highest BCUT2D eigenvalue weighted by Crippen LogP contribution is 2.33. The van der Waals surface area contributed by atoms with E-state index in [1.165, 1.54) is 7.11 Å². The van der Waals surface area contributed by atoms with Gasteiger partial charge in [-0.3, -0.25) is 14.6 Å². The van der Waals surface area contributed by atoms with Gasteiger partial charge >= 0.3 is 5.97 Å². The van der Waals surface area contributed by atoms with Gasteiger partial charge in [0.05, 0.1) is 35.4 Å². The number of nitrogens with zero attached hydrogens (tertiary/aromatic N) is 1. The zero-order valence-corrected chi connectivity index (χ0v) is 12.6. The number of H-pyrrole nitrogens is 1. The first-order valence-electron chi connectivity index (χ1n) is 6.48. The second kappa shape index (κ2) is 5.43. The zero-order chi connectivity index (χ0) is 14.9. The largest absolute Gasteiger partial charge is 0.469 e. The van der Waals surface area contributed by atoms with Gasteiger partial charge in [0.2, 0.25) is 10.0 Å². The van der Waals surface area contributed by atoms with Crippen molar-refractivity contribution in [2.45, 2.75) is 38.4 Å². The van der Waals surface area contributed by atoms with E-state index >= 15 is 0 Å². The lowest BCUT2D eigenvalue weighted by atomic mass is 10.1. The summed E-state index contributed by atoms with van der Waals surface area (Å²) in [5.41, 5.74) is 1.69. The minimum Gasteiger partial charge on any atom is -0.469 e. The summed E-state index contributed by atoms with van der Waals surface area (Å²) in [5, 5.41) is 5.93. The molecule has 1 aromatic heterocycles. The third kappa shape index (κ3) is 2.65. The maximum Gasteiger partial charge on any atom is 0.310 e. The van der Waals surface area contributed by atoms with Gasteiger partial charge in [0.25, 0.3) is 0 Å². The molecule has 0 radical (unpaired) electrons. The Balaban J connectivity index is 2.24. The van der Waals surface area contributed by atoms with Crippen molar-refractivity contribution in [2.75, 3.05) is 11.8 Å². The number of esters is 1. The summed E-state index contributed by atoms with van der Waals surface area (Å²) in [5.74, 6) is -1.05. The molecule has 1 fully saturated rings. The van der Waals surface area contributed by atoms with E-state index in [2.05, 4.69) is 14.9 Å². The minimum absolute atomic E-state index is 0.459. The average molecular weight is 301 g/mol. The van der Waals surface area contributed by atoms with Gasteiger partial charge in [-0.25, -0.2) is 8.42 Å². The fraction of sp³-hybridized carbons (Fsp3) is 0.667. The molecule has 2 rings (SSSR count). The van der Waals surface area contributed by atoms with Crippen LogP contribution in [-0.4, -0.2) is 36.9 Å². The molecule has 112 valence electrons. The Kier molecular flexibility index (Phi) is 4.03. The quantitative estimate of drug-likeness (QED) is 0.811. The van der Waals surface area contributed by atoms with Gasteiger partial charge in [-0.2, -0.15) is 5.10 Å². The van der Waals surface area contributed by atoms with E-state index in [-0.39, 0.29) is 0 Å². The van der Waals surface area contributed by atoms with Crippen LogP contribution in [0.1, 0.15) is 30.7 Å². The van der Waals surface area contributed by atoms with Crippen molar-refractivity contribution in [3.8, 4) is 0 Å². The van der Waals surface area contributed by atoms with Crippen LogP contribution in [0.2, 0.25) is 0 Å². The fourth-order valence-electron chi connectivity index (χ4n) is 2.64. The van der Waals surface area contributed by atoms with Crippen molar-refractivity contribution in [1.29, 1.82) is 0 Å². The molecule has 0 bridgehead atoms. The van der Waals surface area contributed by atoms with E-state index < -0.39 is 27.2 Å². The van der Waals surface area contributed by atoms with E-state index in [1.54, 1.807) is 13.8 Å². The van der Waals surface area contributed by atoms with Crippen molar-refractivity contribution in [1.82, 2.24) is 10.2 Å². The monoisotopic (exact) mass is 301 g/mol. The van der Waals surface area contributed by atoms with E-state index in [0.29, 0.717) is 36.3 Å². The summed E-state index contributed by atoms with van der Waals surface area (Å²) in [6, 6.07) is 0. The number of carbonyl (C=O) groups is 1. The first kappa shape index (κ1) is 14.8. The fourth-order valence-corrected chi connectivity index (χ4v) is 4.53. The zero-order valence-electron chi connectivity index (χ0n) is 11.8. The first-order valence-corrected chi connectivity index (χ1v) is 8.02. The average Bonchev–Trinajstić information content (AvgIpc) is 3.00. The molecular formula is C12H19N3O4S. The molecule has 0 saturated heterocycles. The molecule has 20 heavy (non-hydrogen) atoms. The number of hydrogen-bond acceptors (Lipinski definition) is 5. The number of anilines is 1. The van der Waals surface area contributed by atoms with Crippen LogP contribution in [0.3, 0.4) is 0 Å². The number of nitrogens with one attached hydrogen (secondary N) is 2. The molecule has 1 saturated carbocycles. The minimum atomic E-state index is -3.64. The lowest BCUT2D eigenvalue weighted by Crippen LogP contribution is -2.35. The second-order valence-corrected chi connectivity index (χ2v) is 6.95. The number of ether oxygens (including phenoxy) is 1. The Bertz CT molecular complexity index is 589. The summed E-state index contributed by atoms with van der Waals surface area (Å²) < 4.78 is 32.2. The van der Waals surface area contributed by atoms with Crippen LogP contribution in [0.5, 0.6) is 0 Å². The van der Waals surface area contributed by atoms with Gasteiger partial charge in [-0.15, -0.1) is 0 Å². The highest BCUT2D eigenvalue weighted by molar-refractivity contribution is 7.93. The maximum atomic E-state index is 12.5. The predicted octanol–water partition coefficient (Wildman–Crippen LogP) is 1.11. The van der Waals surface area contributed by atoms with Crippen LogP contribution in [0.15, 0.2) is 0 Å². The Hall–Kier alpha value is -1.57. The summed E-state index contributed by atoms with van der Waals surface area (Å²) in [6.07, 6.45) is 1.71. The Labute approximate surface area is 118 Å². The van der Waals surface area contributed by atoms with Crippen molar-refractivity contribution in [2.24, 2.45) is 5.92 Å². The van der Waals surface area contributed by atoms with Gasteiger partial charge in [0.1, 0.15) is 0 Å². The van der Waals surface area contributed by atoms with Gasteiger partial charge in [0, 0.05) is 0 Å². The molecule has 2 N–H and O–H groups in total. The van der Waals surface area contributed by atoms with E-state index in [0.717, 1.165) is 0 Å². The molecule has 2 unspecified atom stereocenters. The molecule has 0 amide bonds. The molecule has 2 atom stereocenters. The lowest BCUT2D eigenvalue weighted by Gasteiger charge is -2.19. The molecule has 0 spiro atoms. The highest BCUT2D eigenvalue weighted by atomic mass is 32.2. The summed E-state index contributed by atoms with van der Waals surface area (Å²) >= 11 is 0. The van der Waals surface area contributed by atoms with Gasteiger partial charge < -0.3 is 4.74 Å². The number of carbonyl (C=O) groups excluding carboxylic acids is 1. The number of rotatable bonds is 4. The summed E-state index contributed by atoms with van der Waals surface area (Å²) in [4.78, 5) is 11.7. The van der Waals surface area contributed by atoms with Crippen molar-refractivity contribution >= 4 is 21.7 Å². The van der Waals surface area contributed by atoms with Gasteiger partial charge in [-0.05, 0) is 26.7 Å². The third-order valence-corrected chi connectivity index (χ3v) is 5.58. The number of aryl methyl sites for hydroxylation is 2. The molecule has 8 heteroatoms. The summed E-state index contributed by atoms with van der Waals surface area (Å²) in [6.45, 7) is 3.46. The SMILES string of the molecule is COC(=O)C1CCCC1S(=O)(=O)Nc1c(C)n[nH]c1C. The number of methoxy groups -OCH3 is 1. The molecule has 0 aromatic carbocycles. The van der Waals surface area contributed by atoms with Crippen LogP contribution in [0.25, 0.3) is 0 Å². The van der Waals surface area contributed by atoms with Crippen LogP contribution in [0.4, 0.5) is 5.69 Å². The van der Waals surface area contributed by atoms with E-state index in [1.807, 2.05) is 0 Å². The second-order valence-electron chi connectivity index (χ2n) is 5.06. The topological polar surface area (TPSA) is 101 Å². The molecule has 1 aliphatic carbocycles. The number of sulfonamides is 1. The van der Waals surface area contributed by atoms with Crippen LogP contribution < -0.4 is 4.72 Å². The lowest BCUT2D eigenvalue weighted by molar-refractivity contribution is -0.145. The molecule has 7 nitrogen and oxygen atoms in total. The van der Waals surface area contributed by atoms with Gasteiger partial charge in [-0.1, -0.05) is 6.42 Å². The standard InChI is InChI=1S/C12H19N3O4S/c1-7-11(8(2)14-13-7)15-20(17,18)10-6-4-5-9(10)12(16)19-3/h9-10,15H,4-6H2,1-3H3,(H,13,14). The third-order valence-electron chi connectivity index (χ3n) is 3.73. The number of aromatic amines is 1. The number of aromatic nitrogens is 2. The Morgan fingerprint density at radius 3 is 2.65 bits per heavy atom. The molecule has 0 aliphatic heterocycles. The molecule has 1 heterocycles. The van der Waals surface area contributed by atoms with E-state index in [4.69, 9.17) is 4.74 Å². The van der Waals surface area contributed by atoms with Crippen LogP contribution in [0, 0.1) is 19.8 Å². The van der Waals surface area contributed by atoms with Gasteiger partial charge in [0.15, 0.2) is 0 Å². The number of hydrogen-bond donors (Lipinski definition) is 2. The molecule has 1 aromatic rings. The van der Waals surface area contributed by atoms with Crippen LogP contribution >= 0.6 is 0 Å². The first-order chi connectivity index (χ1) is 9.36. The van der Waals surface area contributed by atoms with Crippen molar-refractivity contribution in [3.05, 3.63) is 11.4 Å². The Morgan fingerprint density at radius 2 is 2.10 bits per heavy atom. The maximum absolute atomic E-state index is 12.5. The van der Waals surface area contributed by atoms with E-state index in [9.17, 15) is 13.2 Å². The molecule has 1 aliphatic rings. The van der Waals surface area contributed by atoms with Crippen molar-refractivity contribution in [3.63, 3.8) is 0 Å². The Morgan fingerprint density at radius 1 is 1.40 bits per heavy atom. The smallest absolute Gasteiger partial charge is 0.310 e. The molecular weight excluding hydrogens is 282 g/mol. The summed E-state index contributed by atoms with van der Waals surface area (Å²) in [7, 11) is -2.36. The predicted molar refractivity (Wildman–Crippen MR) is 73.7 cm³/mol.